The van der Waals surface area contributed by atoms with Crippen LogP contribution >= 0.6 is 23.2 Å². The molecule has 1 heterocycles. The molecule has 7 nitrogen and oxygen atoms in total. The minimum atomic E-state index is -3.91. The Hall–Kier alpha value is -3.16. The van der Waals surface area contributed by atoms with Crippen LogP contribution in [0.5, 0.6) is 0 Å². The van der Waals surface area contributed by atoms with Crippen molar-refractivity contribution in [3.8, 4) is 6.07 Å². The summed E-state index contributed by atoms with van der Waals surface area (Å²) in [5.74, 6) is -1.08. The van der Waals surface area contributed by atoms with Gasteiger partial charge in [0.1, 0.15) is 18.0 Å². The van der Waals surface area contributed by atoms with Gasteiger partial charge in [-0.3, -0.25) is 9.10 Å². The second-order valence-electron chi connectivity index (χ2n) is 11.3. The molecule has 3 aliphatic rings. The Labute approximate surface area is 260 Å². The first kappa shape index (κ1) is 29.9. The van der Waals surface area contributed by atoms with Crippen molar-refractivity contribution in [2.45, 2.75) is 61.6 Å². The Kier molecular flexibility index (Phi) is 8.40. The van der Waals surface area contributed by atoms with Crippen molar-refractivity contribution in [3.63, 3.8) is 0 Å². The van der Waals surface area contributed by atoms with Crippen molar-refractivity contribution in [2.75, 3.05) is 10.8 Å². The molecular weight excluding hydrogens is 612 g/mol. The largest absolute Gasteiger partial charge is 0.357 e. The van der Waals surface area contributed by atoms with Gasteiger partial charge in [-0.2, -0.15) is 5.26 Å². The second-order valence-corrected chi connectivity index (χ2v) is 14.3. The van der Waals surface area contributed by atoms with Crippen LogP contribution < -0.4 is 4.31 Å². The topological polar surface area (TPSA) is 90.7 Å². The van der Waals surface area contributed by atoms with Gasteiger partial charge in [-0.25, -0.2) is 12.8 Å². The fourth-order valence-electron chi connectivity index (χ4n) is 5.94. The maximum absolute atomic E-state index is 15.2. The summed E-state index contributed by atoms with van der Waals surface area (Å²) in [7, 11) is -3.91. The Morgan fingerprint density at radius 2 is 1.70 bits per heavy atom. The van der Waals surface area contributed by atoms with E-state index in [0.717, 1.165) is 18.4 Å². The summed E-state index contributed by atoms with van der Waals surface area (Å²) in [4.78, 5) is 16.0. The van der Waals surface area contributed by atoms with Crippen LogP contribution in [0.1, 0.15) is 55.4 Å². The van der Waals surface area contributed by atoms with E-state index in [1.54, 1.807) is 41.3 Å². The van der Waals surface area contributed by atoms with E-state index in [1.807, 2.05) is 18.2 Å². The number of carbonyl (C=O) groups excluding carboxylic acids is 1. The molecule has 4 unspecified atom stereocenters. The molecule has 11 heteroatoms. The second kappa shape index (κ2) is 12.1. The van der Waals surface area contributed by atoms with E-state index in [1.165, 1.54) is 22.5 Å². The number of para-hydroxylation sites is 1. The zero-order valence-corrected chi connectivity index (χ0v) is 25.5. The quantitative estimate of drug-likeness (QED) is 0.242. The number of amides is 1. The molecule has 0 aromatic heterocycles. The Balaban J connectivity index is 1.50. The monoisotopic (exact) mass is 641 g/mol. The summed E-state index contributed by atoms with van der Waals surface area (Å²) in [5, 5.41) is 10.0. The van der Waals surface area contributed by atoms with Gasteiger partial charge >= 0.3 is 0 Å². The van der Waals surface area contributed by atoms with Crippen LogP contribution in [0.25, 0.3) is 0 Å². The zero-order chi connectivity index (χ0) is 30.3. The highest BCUT2D eigenvalue weighted by atomic mass is 35.5. The Bertz CT molecular complexity index is 1660. The molecule has 4 atom stereocenters. The standard InChI is InChI=1S/C32H30Cl2FN3O4S/c33-23-12-10-21(11-13-23)30-31(22-4-3-5-24(34)18-22)42-29(16-17-36)32(39)38(30)28(20-8-9-20)19-37(43(40,41)25-14-15-25)27-7-2-1-6-26(27)35/h1-7,10-13,18,20,25,28-31H,8-9,14-16,19H2. The first-order valence-corrected chi connectivity index (χ1v) is 16.6. The van der Waals surface area contributed by atoms with Gasteiger partial charge in [-0.1, -0.05) is 59.6 Å². The molecule has 1 aliphatic heterocycles. The number of benzene rings is 3. The molecule has 0 spiro atoms. The zero-order valence-electron chi connectivity index (χ0n) is 23.2. The van der Waals surface area contributed by atoms with Crippen LogP contribution in [0.3, 0.4) is 0 Å². The molecule has 0 radical (unpaired) electrons. The summed E-state index contributed by atoms with van der Waals surface area (Å²) in [6, 6.07) is 20.8. The summed E-state index contributed by atoms with van der Waals surface area (Å²) in [5.41, 5.74) is 1.40. The van der Waals surface area contributed by atoms with E-state index in [4.69, 9.17) is 27.9 Å². The van der Waals surface area contributed by atoms with Crippen molar-refractivity contribution in [3.05, 3.63) is 99.8 Å². The highest BCUT2D eigenvalue weighted by Gasteiger charge is 2.52. The first-order chi connectivity index (χ1) is 20.7. The lowest BCUT2D eigenvalue weighted by Gasteiger charge is -2.49. The summed E-state index contributed by atoms with van der Waals surface area (Å²) >= 11 is 12.6. The molecule has 2 aliphatic carbocycles. The number of ether oxygens (including phenoxy) is 1. The molecule has 1 amide bonds. The smallest absolute Gasteiger partial charge is 0.253 e. The van der Waals surface area contributed by atoms with E-state index in [0.29, 0.717) is 28.5 Å². The van der Waals surface area contributed by atoms with Crippen LogP contribution in [0.15, 0.2) is 72.8 Å². The lowest BCUT2D eigenvalue weighted by atomic mass is 9.89. The molecule has 0 N–H and O–H groups in total. The minimum absolute atomic E-state index is 0.0247. The number of morpholine rings is 1. The molecule has 3 aromatic carbocycles. The SMILES string of the molecule is N#CCC1OC(c2cccc(Cl)c2)C(c2ccc(Cl)cc2)N(C(CN(c2ccccc2F)S(=O)(=O)C2CC2)C2CC2)C1=O. The van der Waals surface area contributed by atoms with Gasteiger partial charge in [0.05, 0.1) is 42.1 Å². The van der Waals surface area contributed by atoms with Crippen LogP contribution in [-0.4, -0.2) is 43.2 Å². The lowest BCUT2D eigenvalue weighted by molar-refractivity contribution is -0.179. The van der Waals surface area contributed by atoms with E-state index in [2.05, 4.69) is 6.07 Å². The maximum atomic E-state index is 15.2. The number of hydrogen-bond acceptors (Lipinski definition) is 5. The lowest BCUT2D eigenvalue weighted by Crippen LogP contribution is -2.58. The van der Waals surface area contributed by atoms with Gasteiger partial charge in [0.25, 0.3) is 5.91 Å². The van der Waals surface area contributed by atoms with Gasteiger partial charge in [0.15, 0.2) is 0 Å². The number of sulfonamides is 1. The van der Waals surface area contributed by atoms with Crippen molar-refractivity contribution >= 4 is 44.8 Å². The van der Waals surface area contributed by atoms with Crippen LogP contribution in [0.2, 0.25) is 10.0 Å². The van der Waals surface area contributed by atoms with Crippen molar-refractivity contribution in [2.24, 2.45) is 5.92 Å². The molecule has 0 bridgehead atoms. The summed E-state index contributed by atoms with van der Waals surface area (Å²) in [6.07, 6.45) is 0.580. The first-order valence-electron chi connectivity index (χ1n) is 14.3. The summed E-state index contributed by atoms with van der Waals surface area (Å²) in [6.45, 7) is -0.123. The molecule has 6 rings (SSSR count). The van der Waals surface area contributed by atoms with Gasteiger partial charge in [0.2, 0.25) is 10.0 Å². The third-order valence-electron chi connectivity index (χ3n) is 8.34. The minimum Gasteiger partial charge on any atom is -0.357 e. The van der Waals surface area contributed by atoms with E-state index in [9.17, 15) is 18.5 Å². The van der Waals surface area contributed by atoms with Gasteiger partial charge in [-0.15, -0.1) is 0 Å². The number of nitrogens with zero attached hydrogens (tertiary/aromatic N) is 3. The van der Waals surface area contributed by atoms with E-state index in [-0.39, 0.29) is 24.6 Å². The fraction of sp³-hybridized carbons (Fsp3) is 0.375. The number of carbonyl (C=O) groups is 1. The normalized spacial score (nSPS) is 23.1. The highest BCUT2D eigenvalue weighted by Crippen LogP contribution is 2.49. The molecule has 3 fully saturated rings. The van der Waals surface area contributed by atoms with Gasteiger partial charge < -0.3 is 9.64 Å². The van der Waals surface area contributed by atoms with E-state index < -0.39 is 51.3 Å². The summed E-state index contributed by atoms with van der Waals surface area (Å²) < 4.78 is 50.4. The third-order valence-corrected chi connectivity index (χ3v) is 11.1. The van der Waals surface area contributed by atoms with Crippen molar-refractivity contribution in [1.29, 1.82) is 5.26 Å². The molecule has 224 valence electrons. The van der Waals surface area contributed by atoms with Crippen LogP contribution in [-0.2, 0) is 19.6 Å². The molecule has 2 saturated carbocycles. The number of rotatable bonds is 10. The van der Waals surface area contributed by atoms with Crippen LogP contribution in [0, 0.1) is 23.1 Å². The highest BCUT2D eigenvalue weighted by molar-refractivity contribution is 7.93. The molecule has 3 aromatic rings. The number of nitriles is 1. The Morgan fingerprint density at radius 3 is 2.33 bits per heavy atom. The molecule has 43 heavy (non-hydrogen) atoms. The predicted molar refractivity (Wildman–Crippen MR) is 163 cm³/mol. The van der Waals surface area contributed by atoms with E-state index >= 15 is 4.39 Å². The van der Waals surface area contributed by atoms with Gasteiger partial charge in [-0.05, 0) is 79.1 Å². The number of anilines is 1. The number of hydrogen-bond donors (Lipinski definition) is 0. The third kappa shape index (κ3) is 6.12. The molecular formula is C32H30Cl2FN3O4S. The van der Waals surface area contributed by atoms with Crippen molar-refractivity contribution < 1.29 is 22.3 Å². The molecule has 1 saturated heterocycles. The van der Waals surface area contributed by atoms with Gasteiger partial charge in [0, 0.05) is 10.0 Å². The van der Waals surface area contributed by atoms with Crippen LogP contribution in [0.4, 0.5) is 10.1 Å². The van der Waals surface area contributed by atoms with Crippen molar-refractivity contribution in [1.82, 2.24) is 4.90 Å². The average Bonchev–Trinajstić information content (AvgIpc) is 3.90. The average molecular weight is 643 g/mol. The Morgan fingerprint density at radius 1 is 0.977 bits per heavy atom. The fourth-order valence-corrected chi connectivity index (χ4v) is 8.14. The predicted octanol–water partition coefficient (Wildman–Crippen LogP) is 6.83. The maximum Gasteiger partial charge on any atom is 0.253 e. The number of halogens is 3.